The fourth-order valence-electron chi connectivity index (χ4n) is 1.33. The molecule has 0 atom stereocenters. The lowest BCUT2D eigenvalue weighted by molar-refractivity contribution is -0.117. The molecule has 5 heteroatoms. The summed E-state index contributed by atoms with van der Waals surface area (Å²) in [7, 11) is 3.61. The Labute approximate surface area is 102 Å². The van der Waals surface area contributed by atoms with Crippen LogP contribution in [-0.2, 0) is 9.53 Å². The molecule has 1 rings (SSSR count). The van der Waals surface area contributed by atoms with Crippen LogP contribution in [0.15, 0.2) is 18.3 Å². The molecule has 0 bridgehead atoms. The summed E-state index contributed by atoms with van der Waals surface area (Å²) in [6.45, 7) is 1.41. The fraction of sp³-hybridized carbons (Fsp3) is 0.417. The largest absolute Gasteiger partial charge is 0.383 e. The lowest BCUT2D eigenvalue weighted by Gasteiger charge is -2.17. The third kappa shape index (κ3) is 4.82. The van der Waals surface area contributed by atoms with Crippen molar-refractivity contribution in [3.63, 3.8) is 0 Å². The number of amides is 1. The van der Waals surface area contributed by atoms with Gasteiger partial charge in [-0.15, -0.1) is 0 Å². The molecule has 0 unspecified atom stereocenters. The van der Waals surface area contributed by atoms with Crippen LogP contribution < -0.4 is 10.6 Å². The van der Waals surface area contributed by atoms with Crippen molar-refractivity contribution in [2.75, 3.05) is 32.2 Å². The van der Waals surface area contributed by atoms with Crippen LogP contribution in [0, 0.1) is 6.42 Å². The first-order chi connectivity index (χ1) is 8.13. The molecule has 5 nitrogen and oxygen atoms in total. The number of likely N-dealkylation sites (N-methyl/N-ethyl adjacent to an activating group) is 1. The third-order valence-corrected chi connectivity index (χ3v) is 2.33. The molecule has 1 amide bonds. The van der Waals surface area contributed by atoms with E-state index < -0.39 is 0 Å². The number of hydrogen-bond donors (Lipinski definition) is 1. The number of carbonyl (C=O) groups excluding carboxylic acids is 1. The highest BCUT2D eigenvalue weighted by Crippen LogP contribution is 2.13. The first kappa shape index (κ1) is 13.4. The van der Waals surface area contributed by atoms with Crippen molar-refractivity contribution in [2.24, 2.45) is 5.73 Å². The van der Waals surface area contributed by atoms with E-state index >= 15 is 0 Å². The highest BCUT2D eigenvalue weighted by Gasteiger charge is 2.04. The zero-order valence-corrected chi connectivity index (χ0v) is 10.2. The number of rotatable bonds is 7. The maximum absolute atomic E-state index is 10.7. The van der Waals surface area contributed by atoms with E-state index in [1.807, 2.05) is 24.1 Å². The van der Waals surface area contributed by atoms with Crippen LogP contribution in [-0.4, -0.2) is 38.2 Å². The maximum Gasteiger partial charge on any atom is 0.218 e. The molecule has 0 spiro atoms. The van der Waals surface area contributed by atoms with E-state index in [0.717, 1.165) is 17.9 Å². The summed E-state index contributed by atoms with van der Waals surface area (Å²) < 4.78 is 5.00. The van der Waals surface area contributed by atoms with Gasteiger partial charge in [0.2, 0.25) is 5.91 Å². The number of aromatic nitrogens is 1. The Balaban J connectivity index is 2.61. The van der Waals surface area contributed by atoms with E-state index in [2.05, 4.69) is 4.98 Å². The molecule has 1 heterocycles. The summed E-state index contributed by atoms with van der Waals surface area (Å²) in [5.74, 6) is 0.511. The average molecular weight is 236 g/mol. The molecular weight excluding hydrogens is 218 g/mol. The number of hydrogen-bond acceptors (Lipinski definition) is 4. The van der Waals surface area contributed by atoms with Gasteiger partial charge >= 0.3 is 0 Å². The highest BCUT2D eigenvalue weighted by molar-refractivity contribution is 5.75. The Morgan fingerprint density at radius 3 is 3.06 bits per heavy atom. The van der Waals surface area contributed by atoms with Crippen LogP contribution >= 0.6 is 0 Å². The molecule has 17 heavy (non-hydrogen) atoms. The Morgan fingerprint density at radius 2 is 2.41 bits per heavy atom. The first-order valence-electron chi connectivity index (χ1n) is 5.41. The van der Waals surface area contributed by atoms with Gasteiger partial charge in [-0.1, -0.05) is 0 Å². The minimum atomic E-state index is -0.337. The smallest absolute Gasteiger partial charge is 0.218 e. The Hall–Kier alpha value is -1.62. The molecule has 0 aliphatic carbocycles. The van der Waals surface area contributed by atoms with Crippen LogP contribution in [0.5, 0.6) is 0 Å². The zero-order chi connectivity index (χ0) is 12.7. The molecule has 0 saturated carbocycles. The standard InChI is InChI=1S/C12H18N3O2/c1-15(7-8-17-2)12-9-10(5-6-14-12)3-4-11(13)16/h3,5-6,9H,4,7-8H2,1-2H3,(H2,13,16). The second-order valence-corrected chi connectivity index (χ2v) is 3.74. The van der Waals surface area contributed by atoms with Gasteiger partial charge in [0.25, 0.3) is 0 Å². The van der Waals surface area contributed by atoms with Gasteiger partial charge in [0, 0.05) is 39.7 Å². The molecule has 0 aliphatic heterocycles. The molecule has 0 saturated heterocycles. The summed E-state index contributed by atoms with van der Waals surface area (Å²) in [6, 6.07) is 3.76. The van der Waals surface area contributed by atoms with E-state index in [0.29, 0.717) is 6.61 Å². The Bertz CT molecular complexity index is 369. The van der Waals surface area contributed by atoms with Gasteiger partial charge in [-0.2, -0.15) is 0 Å². The van der Waals surface area contributed by atoms with Crippen molar-refractivity contribution in [1.29, 1.82) is 0 Å². The van der Waals surface area contributed by atoms with Gasteiger partial charge in [0.15, 0.2) is 0 Å². The zero-order valence-electron chi connectivity index (χ0n) is 10.2. The summed E-state index contributed by atoms with van der Waals surface area (Å²) in [4.78, 5) is 16.9. The summed E-state index contributed by atoms with van der Waals surface area (Å²) in [5.41, 5.74) is 6.03. The number of ether oxygens (including phenoxy) is 1. The van der Waals surface area contributed by atoms with Crippen LogP contribution in [0.3, 0.4) is 0 Å². The molecule has 2 N–H and O–H groups in total. The average Bonchev–Trinajstić information content (AvgIpc) is 2.33. The monoisotopic (exact) mass is 236 g/mol. The van der Waals surface area contributed by atoms with Crippen molar-refractivity contribution in [3.05, 3.63) is 30.3 Å². The van der Waals surface area contributed by atoms with Crippen molar-refractivity contribution in [2.45, 2.75) is 6.42 Å². The number of methoxy groups -OCH3 is 1. The Morgan fingerprint density at radius 1 is 1.65 bits per heavy atom. The van der Waals surface area contributed by atoms with Gasteiger partial charge in [-0.25, -0.2) is 4.98 Å². The van der Waals surface area contributed by atoms with Crippen LogP contribution in [0.25, 0.3) is 0 Å². The SMILES string of the molecule is COCCN(C)c1cc([CH]CC(N)=O)ccn1. The van der Waals surface area contributed by atoms with E-state index in [1.165, 1.54) is 0 Å². The quantitative estimate of drug-likeness (QED) is 0.752. The lowest BCUT2D eigenvalue weighted by Crippen LogP contribution is -2.23. The number of carbonyl (C=O) groups is 1. The van der Waals surface area contributed by atoms with Crippen LogP contribution in [0.2, 0.25) is 0 Å². The minimum absolute atomic E-state index is 0.241. The molecule has 0 aromatic carbocycles. The fourth-order valence-corrected chi connectivity index (χ4v) is 1.33. The maximum atomic E-state index is 10.7. The molecule has 0 aliphatic rings. The second kappa shape index (κ2) is 6.85. The van der Waals surface area contributed by atoms with Gasteiger partial charge in [0.05, 0.1) is 6.61 Å². The first-order valence-corrected chi connectivity index (χ1v) is 5.41. The lowest BCUT2D eigenvalue weighted by atomic mass is 10.1. The third-order valence-electron chi connectivity index (χ3n) is 2.33. The van der Waals surface area contributed by atoms with Gasteiger partial charge in [0.1, 0.15) is 5.82 Å². The number of nitrogens with zero attached hydrogens (tertiary/aromatic N) is 2. The van der Waals surface area contributed by atoms with Crippen LogP contribution in [0.4, 0.5) is 5.82 Å². The molecule has 1 radical (unpaired) electrons. The second-order valence-electron chi connectivity index (χ2n) is 3.74. The number of pyridine rings is 1. The normalized spacial score (nSPS) is 10.2. The topological polar surface area (TPSA) is 68.5 Å². The number of primary amides is 1. The van der Waals surface area contributed by atoms with Crippen molar-refractivity contribution >= 4 is 11.7 Å². The number of nitrogens with two attached hydrogens (primary N) is 1. The highest BCUT2D eigenvalue weighted by atomic mass is 16.5. The van der Waals surface area contributed by atoms with E-state index in [1.54, 1.807) is 19.7 Å². The Kier molecular flexibility index (Phi) is 5.42. The van der Waals surface area contributed by atoms with Gasteiger partial charge < -0.3 is 15.4 Å². The molecule has 93 valence electrons. The molecule has 0 fully saturated rings. The summed E-state index contributed by atoms with van der Waals surface area (Å²) in [6.07, 6.45) is 3.74. The molecule has 1 aromatic heterocycles. The van der Waals surface area contributed by atoms with Gasteiger partial charge in [-0.05, 0) is 17.7 Å². The number of anilines is 1. The summed E-state index contributed by atoms with van der Waals surface area (Å²) >= 11 is 0. The van der Waals surface area contributed by atoms with E-state index in [-0.39, 0.29) is 12.3 Å². The predicted octanol–water partition coefficient (Wildman–Crippen LogP) is 0.592. The van der Waals surface area contributed by atoms with Crippen LogP contribution in [0.1, 0.15) is 12.0 Å². The van der Waals surface area contributed by atoms with Crippen molar-refractivity contribution in [3.8, 4) is 0 Å². The minimum Gasteiger partial charge on any atom is -0.383 e. The van der Waals surface area contributed by atoms with E-state index in [4.69, 9.17) is 10.5 Å². The van der Waals surface area contributed by atoms with Gasteiger partial charge in [-0.3, -0.25) is 4.79 Å². The predicted molar refractivity (Wildman–Crippen MR) is 66.6 cm³/mol. The van der Waals surface area contributed by atoms with E-state index in [9.17, 15) is 4.79 Å². The van der Waals surface area contributed by atoms with Crippen molar-refractivity contribution in [1.82, 2.24) is 4.98 Å². The molecule has 1 aromatic rings. The van der Waals surface area contributed by atoms with Crippen molar-refractivity contribution < 1.29 is 9.53 Å². The summed E-state index contributed by atoms with van der Waals surface area (Å²) in [5, 5.41) is 0. The molecular formula is C12H18N3O2.